The molecule has 1 saturated heterocycles. The van der Waals surface area contributed by atoms with Crippen molar-refractivity contribution in [1.29, 1.82) is 0 Å². The number of aliphatic carboxylic acids is 1. The number of carbonyl (C=O) groups is 1. The Labute approximate surface area is 244 Å². The van der Waals surface area contributed by atoms with Crippen molar-refractivity contribution >= 4 is 5.97 Å². The lowest BCUT2D eigenvalue weighted by molar-refractivity contribution is -0.145. The van der Waals surface area contributed by atoms with Gasteiger partial charge >= 0.3 is 5.97 Å². The molecule has 8 heteroatoms. The maximum atomic E-state index is 14.4. The van der Waals surface area contributed by atoms with Crippen LogP contribution in [0.5, 0.6) is 0 Å². The average Bonchev–Trinajstić information content (AvgIpc) is 3.62. The first kappa shape index (κ1) is 30.1. The van der Waals surface area contributed by atoms with Gasteiger partial charge in [0.1, 0.15) is 17.7 Å². The molecule has 5 rings (SSSR count). The largest absolute Gasteiger partial charge is 0.480 e. The monoisotopic (exact) mass is 570 g/mol. The number of carboxylic acids is 1. The van der Waals surface area contributed by atoms with Crippen LogP contribution in [-0.2, 0) is 29.6 Å². The number of rotatable bonds is 9. The highest BCUT2D eigenvalue weighted by atomic mass is 19.1. The second-order valence-corrected chi connectivity index (χ2v) is 13.3. The van der Waals surface area contributed by atoms with Gasteiger partial charge in [-0.15, -0.1) is 0 Å². The van der Waals surface area contributed by atoms with Gasteiger partial charge < -0.3 is 10.0 Å². The summed E-state index contributed by atoms with van der Waals surface area (Å²) in [5.41, 5.74) is 5.12. The fraction of sp³-hybridized carbons (Fsp3) is 0.697. The zero-order valence-corrected chi connectivity index (χ0v) is 25.7. The van der Waals surface area contributed by atoms with Gasteiger partial charge in [0.25, 0.3) is 0 Å². The fourth-order valence-electron chi connectivity index (χ4n) is 8.76. The molecule has 1 spiro atoms. The van der Waals surface area contributed by atoms with Crippen LogP contribution in [0, 0.1) is 23.5 Å². The van der Waals surface area contributed by atoms with Crippen LogP contribution in [0.25, 0.3) is 0 Å². The standard InChI is InChI=1S/C33H48F2N4O2/c1-7-29-26-9-10-33(31(26)39(8-2)36-29)11-13-38(14-12-33)21(5)27-18-25(37(6)30(20(3)4)32(40)41)19-28(27)22-15-23(34)17-24(35)16-22/h15-17,20-21,25,27-28,30H,7-14,18-19H2,1-6H3,(H,40,41)/t21?,25-,27+,28+,30+/m0/s1. The quantitative estimate of drug-likeness (QED) is 0.400. The number of benzene rings is 1. The number of piperidine rings is 1. The van der Waals surface area contributed by atoms with Gasteiger partial charge in [0.2, 0.25) is 0 Å². The van der Waals surface area contributed by atoms with Crippen LogP contribution >= 0.6 is 0 Å². The van der Waals surface area contributed by atoms with E-state index in [1.165, 1.54) is 35.5 Å². The summed E-state index contributed by atoms with van der Waals surface area (Å²) in [5.74, 6) is -1.83. The third-order valence-electron chi connectivity index (χ3n) is 10.9. The van der Waals surface area contributed by atoms with E-state index in [-0.39, 0.29) is 35.3 Å². The molecule has 0 amide bonds. The molecule has 41 heavy (non-hydrogen) atoms. The van der Waals surface area contributed by atoms with Gasteiger partial charge in [0.15, 0.2) is 0 Å². The molecule has 1 aromatic heterocycles. The number of likely N-dealkylation sites (tertiary alicyclic amines) is 1. The number of aryl methyl sites for hydroxylation is 2. The minimum absolute atomic E-state index is 0.0298. The molecule has 1 aromatic carbocycles. The summed E-state index contributed by atoms with van der Waals surface area (Å²) in [4.78, 5) is 16.8. The maximum Gasteiger partial charge on any atom is 0.321 e. The van der Waals surface area contributed by atoms with E-state index in [0.717, 1.165) is 57.8 Å². The van der Waals surface area contributed by atoms with Crippen LogP contribution < -0.4 is 0 Å². The lowest BCUT2D eigenvalue weighted by atomic mass is 9.75. The Morgan fingerprint density at radius 2 is 1.76 bits per heavy atom. The molecule has 1 aliphatic heterocycles. The van der Waals surface area contributed by atoms with Crippen molar-refractivity contribution in [2.45, 2.75) is 116 Å². The highest BCUT2D eigenvalue weighted by molar-refractivity contribution is 5.73. The van der Waals surface area contributed by atoms with E-state index in [2.05, 4.69) is 30.4 Å². The first-order valence-electron chi connectivity index (χ1n) is 15.7. The Morgan fingerprint density at radius 3 is 2.32 bits per heavy atom. The molecule has 3 aliphatic rings. The molecule has 1 unspecified atom stereocenters. The Balaban J connectivity index is 1.38. The lowest BCUT2D eigenvalue weighted by Crippen LogP contribution is -2.49. The molecule has 0 bridgehead atoms. The number of hydrogen-bond acceptors (Lipinski definition) is 4. The van der Waals surface area contributed by atoms with E-state index in [1.807, 2.05) is 25.8 Å². The number of aromatic nitrogens is 2. The molecular formula is C33H48F2N4O2. The molecule has 1 N–H and O–H groups in total. The summed E-state index contributed by atoms with van der Waals surface area (Å²) in [6, 6.07) is 3.55. The fourth-order valence-corrected chi connectivity index (χ4v) is 8.76. The zero-order valence-electron chi connectivity index (χ0n) is 25.7. The van der Waals surface area contributed by atoms with Crippen LogP contribution in [0.3, 0.4) is 0 Å². The van der Waals surface area contributed by atoms with Gasteiger partial charge in [-0.1, -0.05) is 20.8 Å². The molecule has 226 valence electrons. The Bertz CT molecular complexity index is 1230. The van der Waals surface area contributed by atoms with E-state index in [1.54, 1.807) is 0 Å². The van der Waals surface area contributed by atoms with Crippen LogP contribution in [0.15, 0.2) is 18.2 Å². The van der Waals surface area contributed by atoms with Gasteiger partial charge in [-0.2, -0.15) is 5.10 Å². The third kappa shape index (κ3) is 5.47. The van der Waals surface area contributed by atoms with Crippen molar-refractivity contribution in [1.82, 2.24) is 19.6 Å². The van der Waals surface area contributed by atoms with Gasteiger partial charge in [-0.05, 0) is 120 Å². The number of fused-ring (bicyclic) bond motifs is 2. The molecule has 5 atom stereocenters. The predicted octanol–water partition coefficient (Wildman–Crippen LogP) is 6.02. The van der Waals surface area contributed by atoms with E-state index in [4.69, 9.17) is 5.10 Å². The van der Waals surface area contributed by atoms with Crippen molar-refractivity contribution in [3.63, 3.8) is 0 Å². The minimum Gasteiger partial charge on any atom is -0.480 e. The first-order valence-corrected chi connectivity index (χ1v) is 15.7. The third-order valence-corrected chi connectivity index (χ3v) is 10.9. The Hall–Kier alpha value is -2.32. The smallest absolute Gasteiger partial charge is 0.321 e. The number of halogens is 2. The summed E-state index contributed by atoms with van der Waals surface area (Å²) in [7, 11) is 1.91. The molecule has 6 nitrogen and oxygen atoms in total. The molecule has 2 aromatic rings. The number of nitrogens with zero attached hydrogens (tertiary/aromatic N) is 4. The summed E-state index contributed by atoms with van der Waals surface area (Å²) >= 11 is 0. The predicted molar refractivity (Wildman–Crippen MR) is 157 cm³/mol. The van der Waals surface area contributed by atoms with Crippen molar-refractivity contribution in [2.24, 2.45) is 11.8 Å². The second-order valence-electron chi connectivity index (χ2n) is 13.3. The topological polar surface area (TPSA) is 61.6 Å². The summed E-state index contributed by atoms with van der Waals surface area (Å²) in [6.45, 7) is 13.4. The highest BCUT2D eigenvalue weighted by Gasteiger charge is 2.48. The van der Waals surface area contributed by atoms with Crippen molar-refractivity contribution < 1.29 is 18.7 Å². The van der Waals surface area contributed by atoms with Crippen molar-refractivity contribution in [2.75, 3.05) is 20.1 Å². The first-order chi connectivity index (χ1) is 19.5. The van der Waals surface area contributed by atoms with Crippen LogP contribution in [0.1, 0.15) is 95.2 Å². The minimum atomic E-state index is -0.817. The van der Waals surface area contributed by atoms with Crippen molar-refractivity contribution in [3.8, 4) is 0 Å². The van der Waals surface area contributed by atoms with Crippen LogP contribution in [0.4, 0.5) is 8.78 Å². The van der Waals surface area contributed by atoms with Gasteiger partial charge in [-0.3, -0.25) is 14.4 Å². The van der Waals surface area contributed by atoms with Gasteiger partial charge in [0.05, 0.1) is 5.69 Å². The number of carboxylic acid groups (broad SMARTS) is 1. The molecule has 1 saturated carbocycles. The van der Waals surface area contributed by atoms with Gasteiger partial charge in [0, 0.05) is 35.8 Å². The average molecular weight is 571 g/mol. The summed E-state index contributed by atoms with van der Waals surface area (Å²) in [5, 5.41) is 14.9. The number of likely N-dealkylation sites (N-methyl/N-ethyl adjacent to an activating group) is 1. The van der Waals surface area contributed by atoms with E-state index in [9.17, 15) is 18.7 Å². The van der Waals surface area contributed by atoms with Crippen LogP contribution in [-0.4, -0.2) is 68.9 Å². The number of hydrogen-bond donors (Lipinski definition) is 1. The summed E-state index contributed by atoms with van der Waals surface area (Å²) in [6.07, 6.45) is 7.01. The second kappa shape index (κ2) is 11.8. The molecule has 2 heterocycles. The Morgan fingerprint density at radius 1 is 1.10 bits per heavy atom. The molecule has 2 aliphatic carbocycles. The maximum absolute atomic E-state index is 14.4. The molecular weight excluding hydrogens is 522 g/mol. The van der Waals surface area contributed by atoms with Crippen molar-refractivity contribution in [3.05, 3.63) is 52.3 Å². The molecule has 0 radical (unpaired) electrons. The normalized spacial score (nSPS) is 25.8. The van der Waals surface area contributed by atoms with Gasteiger partial charge in [-0.25, -0.2) is 8.78 Å². The van der Waals surface area contributed by atoms with E-state index < -0.39 is 23.6 Å². The SMILES string of the molecule is CCc1nn(CC)c2c1CCC21CCN(C(C)[C@H]2C[C@H](N(C)[C@@H](C(=O)O)C(C)C)C[C@@H]2c2cc(F)cc(F)c2)CC1. The molecule has 2 fully saturated rings. The van der Waals surface area contributed by atoms with Crippen LogP contribution in [0.2, 0.25) is 0 Å². The highest BCUT2D eigenvalue weighted by Crippen LogP contribution is 2.50. The Kier molecular flexibility index (Phi) is 8.64. The lowest BCUT2D eigenvalue weighted by Gasteiger charge is -2.44. The van der Waals surface area contributed by atoms with E-state index >= 15 is 0 Å². The zero-order chi connectivity index (χ0) is 29.6. The van der Waals surface area contributed by atoms with E-state index in [0.29, 0.717) is 12.0 Å². The summed E-state index contributed by atoms with van der Waals surface area (Å²) < 4.78 is 31.1.